The highest BCUT2D eigenvalue weighted by molar-refractivity contribution is 5.92. The van der Waals surface area contributed by atoms with Crippen molar-refractivity contribution in [1.29, 1.82) is 0 Å². The lowest BCUT2D eigenvalue weighted by Gasteiger charge is -2.15. The molecule has 9 heteroatoms. The molecule has 8 nitrogen and oxygen atoms in total. The fourth-order valence-corrected chi connectivity index (χ4v) is 2.28. The fourth-order valence-electron chi connectivity index (χ4n) is 2.28. The van der Waals surface area contributed by atoms with E-state index in [0.717, 1.165) is 6.07 Å². The van der Waals surface area contributed by atoms with Crippen molar-refractivity contribution < 1.29 is 13.9 Å². The summed E-state index contributed by atoms with van der Waals surface area (Å²) in [7, 11) is 2.83. The van der Waals surface area contributed by atoms with E-state index in [1.54, 1.807) is 30.3 Å². The average molecular weight is 343 g/mol. The molecule has 1 aromatic heterocycles. The number of carbonyl (C=O) groups excluding carboxylic acids is 1. The molecule has 0 aliphatic heterocycles. The van der Waals surface area contributed by atoms with Crippen molar-refractivity contribution in [2.45, 2.75) is 0 Å². The van der Waals surface area contributed by atoms with Crippen LogP contribution in [-0.2, 0) is 0 Å². The van der Waals surface area contributed by atoms with E-state index >= 15 is 0 Å². The van der Waals surface area contributed by atoms with Crippen LogP contribution in [0.3, 0.4) is 0 Å². The number of anilines is 1. The molecular formula is C16H14FN5O3. The summed E-state index contributed by atoms with van der Waals surface area (Å²) in [6.07, 6.45) is 0. The largest absolute Gasteiger partial charge is 0.494 e. The summed E-state index contributed by atoms with van der Waals surface area (Å²) < 4.78 is 20.4. The molecule has 0 spiro atoms. The van der Waals surface area contributed by atoms with Crippen molar-refractivity contribution in [2.75, 3.05) is 19.1 Å². The van der Waals surface area contributed by atoms with Gasteiger partial charge in [0.1, 0.15) is 11.4 Å². The lowest BCUT2D eigenvalue weighted by atomic mass is 10.3. The standard InChI is InChI=1S/C16H14FN5O3/c1-20(11-7-4-3-5-8-11)15(23)22-16(24)21(18-19-22)14-12(17)9-6-10-13(14)25-2/h3-10H,1-2H3. The predicted molar refractivity (Wildman–Crippen MR) is 87.8 cm³/mol. The first-order chi connectivity index (χ1) is 12.0. The van der Waals surface area contributed by atoms with Crippen LogP contribution in [0.15, 0.2) is 53.3 Å². The Morgan fingerprint density at radius 3 is 2.52 bits per heavy atom. The monoisotopic (exact) mass is 343 g/mol. The smallest absolute Gasteiger partial charge is 0.377 e. The zero-order valence-corrected chi connectivity index (χ0v) is 13.5. The number of ether oxygens (including phenoxy) is 1. The number of hydrogen-bond donors (Lipinski definition) is 0. The van der Waals surface area contributed by atoms with Crippen LogP contribution in [0.2, 0.25) is 0 Å². The highest BCUT2D eigenvalue weighted by atomic mass is 19.1. The van der Waals surface area contributed by atoms with Crippen LogP contribution in [0.1, 0.15) is 0 Å². The average Bonchev–Trinajstić information content (AvgIpc) is 3.02. The van der Waals surface area contributed by atoms with E-state index in [4.69, 9.17) is 4.74 Å². The normalized spacial score (nSPS) is 10.5. The molecule has 128 valence electrons. The van der Waals surface area contributed by atoms with E-state index in [0.29, 0.717) is 15.1 Å². The number of aromatic nitrogens is 4. The maximum atomic E-state index is 14.1. The van der Waals surface area contributed by atoms with Crippen LogP contribution >= 0.6 is 0 Å². The minimum absolute atomic E-state index is 0.0954. The second-order valence-corrected chi connectivity index (χ2v) is 5.05. The third-order valence-corrected chi connectivity index (χ3v) is 3.57. The zero-order valence-electron chi connectivity index (χ0n) is 13.5. The molecule has 25 heavy (non-hydrogen) atoms. The fraction of sp³-hybridized carbons (Fsp3) is 0.125. The number of nitrogens with zero attached hydrogens (tertiary/aromatic N) is 5. The van der Waals surface area contributed by atoms with Crippen molar-refractivity contribution >= 4 is 11.7 Å². The summed E-state index contributed by atoms with van der Waals surface area (Å²) in [4.78, 5) is 26.2. The second kappa shape index (κ2) is 6.56. The van der Waals surface area contributed by atoms with Gasteiger partial charge in [-0.15, -0.1) is 4.68 Å². The van der Waals surface area contributed by atoms with Gasteiger partial charge < -0.3 is 4.74 Å². The molecule has 0 aliphatic rings. The Kier molecular flexibility index (Phi) is 4.29. The number of carbonyl (C=O) groups is 1. The van der Waals surface area contributed by atoms with Gasteiger partial charge >= 0.3 is 11.7 Å². The molecule has 0 unspecified atom stereocenters. The van der Waals surface area contributed by atoms with Gasteiger partial charge in [-0.3, -0.25) is 4.90 Å². The van der Waals surface area contributed by atoms with Crippen molar-refractivity contribution in [2.24, 2.45) is 0 Å². The van der Waals surface area contributed by atoms with Gasteiger partial charge in [0.2, 0.25) is 0 Å². The second-order valence-electron chi connectivity index (χ2n) is 5.05. The molecule has 0 saturated heterocycles. The quantitative estimate of drug-likeness (QED) is 0.676. The highest BCUT2D eigenvalue weighted by Gasteiger charge is 2.23. The van der Waals surface area contributed by atoms with E-state index in [1.807, 2.05) is 0 Å². The number of methoxy groups -OCH3 is 1. The third-order valence-electron chi connectivity index (χ3n) is 3.57. The molecule has 0 N–H and O–H groups in total. The summed E-state index contributed by atoms with van der Waals surface area (Å²) in [5.41, 5.74) is -0.551. The number of amides is 1. The molecule has 3 rings (SSSR count). The number of tetrazole rings is 1. The van der Waals surface area contributed by atoms with Gasteiger partial charge in [-0.1, -0.05) is 24.3 Å². The van der Waals surface area contributed by atoms with E-state index in [2.05, 4.69) is 10.4 Å². The van der Waals surface area contributed by atoms with Gasteiger partial charge in [-0.2, -0.15) is 4.68 Å². The summed E-state index contributed by atoms with van der Waals surface area (Å²) in [5.74, 6) is -0.629. The van der Waals surface area contributed by atoms with E-state index in [9.17, 15) is 14.0 Å². The molecule has 2 aromatic carbocycles. The summed E-state index contributed by atoms with van der Waals surface area (Å²) in [6, 6.07) is 12.0. The van der Waals surface area contributed by atoms with Gasteiger partial charge in [0, 0.05) is 12.7 Å². The Morgan fingerprint density at radius 2 is 1.84 bits per heavy atom. The van der Waals surface area contributed by atoms with Crippen molar-refractivity contribution in [1.82, 2.24) is 19.8 Å². The summed E-state index contributed by atoms with van der Waals surface area (Å²) in [6.45, 7) is 0. The number of benzene rings is 2. The Labute approximate surface area is 141 Å². The molecule has 1 amide bonds. The molecular weight excluding hydrogens is 329 g/mol. The SMILES string of the molecule is COc1cccc(F)c1-n1nnn(C(=O)N(C)c2ccccc2)c1=O. The lowest BCUT2D eigenvalue weighted by molar-refractivity contribution is 0.245. The molecule has 0 aliphatic carbocycles. The molecule has 0 fully saturated rings. The van der Waals surface area contributed by atoms with Crippen LogP contribution in [0.4, 0.5) is 14.9 Å². The molecule has 3 aromatic rings. The van der Waals surface area contributed by atoms with Gasteiger partial charge in [0.15, 0.2) is 5.82 Å². The number of hydrogen-bond acceptors (Lipinski definition) is 5. The third kappa shape index (κ3) is 2.87. The van der Waals surface area contributed by atoms with Crippen molar-refractivity contribution in [3.05, 3.63) is 64.8 Å². The first-order valence-electron chi connectivity index (χ1n) is 7.25. The maximum Gasteiger partial charge on any atom is 0.377 e. The van der Waals surface area contributed by atoms with Crippen molar-refractivity contribution in [3.63, 3.8) is 0 Å². The van der Waals surface area contributed by atoms with Gasteiger partial charge in [0.05, 0.1) is 7.11 Å². The molecule has 0 radical (unpaired) electrons. The minimum atomic E-state index is -0.906. The Bertz CT molecular complexity index is 967. The van der Waals surface area contributed by atoms with E-state index in [-0.39, 0.29) is 11.4 Å². The topological polar surface area (TPSA) is 82.2 Å². The van der Waals surface area contributed by atoms with Crippen LogP contribution in [0.5, 0.6) is 5.75 Å². The number of halogens is 1. The van der Waals surface area contributed by atoms with Gasteiger partial charge in [-0.25, -0.2) is 14.0 Å². The summed E-state index contributed by atoms with van der Waals surface area (Å²) in [5, 5.41) is 7.16. The molecule has 0 atom stereocenters. The predicted octanol–water partition coefficient (Wildman–Crippen LogP) is 1.68. The first kappa shape index (κ1) is 16.4. The Morgan fingerprint density at radius 1 is 1.12 bits per heavy atom. The van der Waals surface area contributed by atoms with E-state index < -0.39 is 17.5 Å². The Hall–Kier alpha value is -3.49. The van der Waals surface area contributed by atoms with Gasteiger partial charge in [0.25, 0.3) is 0 Å². The summed E-state index contributed by atoms with van der Waals surface area (Å²) >= 11 is 0. The number of rotatable bonds is 3. The molecule has 0 bridgehead atoms. The lowest BCUT2D eigenvalue weighted by Crippen LogP contribution is -2.39. The van der Waals surface area contributed by atoms with Crippen LogP contribution < -0.4 is 15.3 Å². The van der Waals surface area contributed by atoms with Crippen LogP contribution in [0, 0.1) is 5.82 Å². The van der Waals surface area contributed by atoms with Crippen LogP contribution in [0.25, 0.3) is 5.69 Å². The van der Waals surface area contributed by atoms with E-state index in [1.165, 1.54) is 31.2 Å². The number of para-hydroxylation sites is 2. The van der Waals surface area contributed by atoms with Gasteiger partial charge in [-0.05, 0) is 34.7 Å². The molecule has 0 saturated carbocycles. The molecule has 1 heterocycles. The zero-order chi connectivity index (χ0) is 18.0. The Balaban J connectivity index is 2.03. The highest BCUT2D eigenvalue weighted by Crippen LogP contribution is 2.23. The maximum absolute atomic E-state index is 14.1. The van der Waals surface area contributed by atoms with Crippen molar-refractivity contribution in [3.8, 4) is 11.4 Å². The van der Waals surface area contributed by atoms with Crippen LogP contribution in [-0.4, -0.2) is 40.0 Å². The first-order valence-corrected chi connectivity index (χ1v) is 7.25. The minimum Gasteiger partial charge on any atom is -0.494 e.